The monoisotopic (exact) mass is 271 g/mol. The van der Waals surface area contributed by atoms with E-state index in [0.29, 0.717) is 5.56 Å². The molecule has 0 spiro atoms. The van der Waals surface area contributed by atoms with Gasteiger partial charge in [-0.2, -0.15) is 0 Å². The highest BCUT2D eigenvalue weighted by molar-refractivity contribution is 5.60. The Kier molecular flexibility index (Phi) is 5.28. The molecule has 20 heavy (non-hydrogen) atoms. The van der Waals surface area contributed by atoms with Gasteiger partial charge in [-0.05, 0) is 43.0 Å². The van der Waals surface area contributed by atoms with E-state index in [9.17, 15) is 4.39 Å². The highest BCUT2D eigenvalue weighted by Gasteiger charge is 2.09. The molecule has 2 aromatic rings. The SMILES string of the molecule is CCCCc1nc(-c2ccccc2F)ccc1CCC. The van der Waals surface area contributed by atoms with Crippen LogP contribution in [0.5, 0.6) is 0 Å². The van der Waals surface area contributed by atoms with Crippen molar-refractivity contribution in [1.82, 2.24) is 4.98 Å². The van der Waals surface area contributed by atoms with Crippen LogP contribution < -0.4 is 0 Å². The Balaban J connectivity index is 2.38. The van der Waals surface area contributed by atoms with Crippen LogP contribution in [-0.4, -0.2) is 4.98 Å². The highest BCUT2D eigenvalue weighted by Crippen LogP contribution is 2.23. The van der Waals surface area contributed by atoms with E-state index in [2.05, 4.69) is 19.9 Å². The number of hydrogen-bond donors (Lipinski definition) is 0. The van der Waals surface area contributed by atoms with Gasteiger partial charge in [0, 0.05) is 11.3 Å². The number of pyridine rings is 1. The maximum absolute atomic E-state index is 13.9. The molecular formula is C18H22FN. The van der Waals surface area contributed by atoms with Crippen LogP contribution in [0.3, 0.4) is 0 Å². The molecule has 0 fully saturated rings. The summed E-state index contributed by atoms with van der Waals surface area (Å²) in [4.78, 5) is 4.72. The molecule has 0 unspecified atom stereocenters. The fourth-order valence-electron chi connectivity index (χ4n) is 2.41. The van der Waals surface area contributed by atoms with Gasteiger partial charge in [0.15, 0.2) is 0 Å². The van der Waals surface area contributed by atoms with Crippen LogP contribution in [0.2, 0.25) is 0 Å². The van der Waals surface area contributed by atoms with Crippen LogP contribution >= 0.6 is 0 Å². The Hall–Kier alpha value is -1.70. The molecule has 1 aromatic heterocycles. The van der Waals surface area contributed by atoms with E-state index in [1.54, 1.807) is 12.1 Å². The second kappa shape index (κ2) is 7.18. The topological polar surface area (TPSA) is 12.9 Å². The van der Waals surface area contributed by atoms with Gasteiger partial charge in [0.2, 0.25) is 0 Å². The number of unbranched alkanes of at least 4 members (excludes halogenated alkanes) is 1. The molecule has 1 heterocycles. The van der Waals surface area contributed by atoms with Crippen LogP contribution in [0.15, 0.2) is 36.4 Å². The minimum Gasteiger partial charge on any atom is -0.252 e. The van der Waals surface area contributed by atoms with Crippen molar-refractivity contribution in [2.45, 2.75) is 46.0 Å². The van der Waals surface area contributed by atoms with Crippen molar-refractivity contribution in [3.63, 3.8) is 0 Å². The average molecular weight is 271 g/mol. The fourth-order valence-corrected chi connectivity index (χ4v) is 2.41. The number of hydrogen-bond acceptors (Lipinski definition) is 1. The Morgan fingerprint density at radius 2 is 1.75 bits per heavy atom. The third-order valence-corrected chi connectivity index (χ3v) is 3.50. The maximum Gasteiger partial charge on any atom is 0.132 e. The molecule has 0 amide bonds. The van der Waals surface area contributed by atoms with Gasteiger partial charge in [0.1, 0.15) is 5.82 Å². The van der Waals surface area contributed by atoms with Crippen LogP contribution in [0.4, 0.5) is 4.39 Å². The fraction of sp³-hybridized carbons (Fsp3) is 0.389. The van der Waals surface area contributed by atoms with E-state index in [1.165, 1.54) is 11.6 Å². The summed E-state index contributed by atoms with van der Waals surface area (Å²) in [5.74, 6) is -0.204. The van der Waals surface area contributed by atoms with Crippen molar-refractivity contribution >= 4 is 0 Å². The zero-order valence-corrected chi connectivity index (χ0v) is 12.3. The molecule has 2 rings (SSSR count). The third-order valence-electron chi connectivity index (χ3n) is 3.50. The number of aromatic nitrogens is 1. The molecule has 0 aliphatic heterocycles. The summed E-state index contributed by atoms with van der Waals surface area (Å²) in [6, 6.07) is 10.9. The highest BCUT2D eigenvalue weighted by atomic mass is 19.1. The van der Waals surface area contributed by atoms with Gasteiger partial charge >= 0.3 is 0 Å². The first-order valence-electron chi connectivity index (χ1n) is 7.50. The number of nitrogens with zero attached hydrogens (tertiary/aromatic N) is 1. The summed E-state index contributed by atoms with van der Waals surface area (Å²) in [5, 5.41) is 0. The Bertz CT molecular complexity index is 563. The molecule has 0 bridgehead atoms. The van der Waals surface area contributed by atoms with Crippen LogP contribution in [0, 0.1) is 5.82 Å². The minimum absolute atomic E-state index is 0.204. The largest absolute Gasteiger partial charge is 0.252 e. The number of rotatable bonds is 6. The van der Waals surface area contributed by atoms with Gasteiger partial charge in [-0.15, -0.1) is 0 Å². The second-order valence-corrected chi connectivity index (χ2v) is 5.14. The lowest BCUT2D eigenvalue weighted by atomic mass is 10.0. The zero-order chi connectivity index (χ0) is 14.4. The van der Waals surface area contributed by atoms with E-state index >= 15 is 0 Å². The van der Waals surface area contributed by atoms with Crippen molar-refractivity contribution in [2.75, 3.05) is 0 Å². The van der Waals surface area contributed by atoms with E-state index in [1.807, 2.05) is 12.1 Å². The molecule has 1 nitrogen and oxygen atoms in total. The quantitative estimate of drug-likeness (QED) is 0.705. The second-order valence-electron chi connectivity index (χ2n) is 5.14. The molecule has 0 N–H and O–H groups in total. The minimum atomic E-state index is -0.204. The summed E-state index contributed by atoms with van der Waals surface area (Å²) >= 11 is 0. The standard InChI is InChI=1S/C18H22FN/c1-3-5-11-17-14(8-4-2)12-13-18(20-17)15-9-6-7-10-16(15)19/h6-7,9-10,12-13H,3-5,8,11H2,1-2H3. The first kappa shape index (κ1) is 14.7. The summed E-state index contributed by atoms with van der Waals surface area (Å²) in [6.45, 7) is 4.36. The lowest BCUT2D eigenvalue weighted by Gasteiger charge is -2.11. The number of benzene rings is 1. The van der Waals surface area contributed by atoms with E-state index in [-0.39, 0.29) is 5.82 Å². The van der Waals surface area contributed by atoms with Gasteiger partial charge in [-0.25, -0.2) is 4.39 Å². The molecule has 0 saturated heterocycles. The maximum atomic E-state index is 13.9. The van der Waals surface area contributed by atoms with Crippen molar-refractivity contribution in [1.29, 1.82) is 0 Å². The Labute approximate surface area is 120 Å². The van der Waals surface area contributed by atoms with Crippen molar-refractivity contribution in [2.24, 2.45) is 0 Å². The molecule has 0 aliphatic rings. The van der Waals surface area contributed by atoms with Gasteiger partial charge in [-0.3, -0.25) is 4.98 Å². The van der Waals surface area contributed by atoms with Gasteiger partial charge in [0.05, 0.1) is 5.69 Å². The number of halogens is 1. The first-order chi connectivity index (χ1) is 9.76. The molecule has 0 radical (unpaired) electrons. The van der Waals surface area contributed by atoms with E-state index in [0.717, 1.165) is 43.5 Å². The lowest BCUT2D eigenvalue weighted by molar-refractivity contribution is 0.630. The molecular weight excluding hydrogens is 249 g/mol. The molecule has 0 aliphatic carbocycles. The van der Waals surface area contributed by atoms with Crippen LogP contribution in [-0.2, 0) is 12.8 Å². The lowest BCUT2D eigenvalue weighted by Crippen LogP contribution is -2.00. The molecule has 1 aromatic carbocycles. The van der Waals surface area contributed by atoms with Gasteiger partial charge < -0.3 is 0 Å². The Morgan fingerprint density at radius 3 is 2.45 bits per heavy atom. The molecule has 0 saturated carbocycles. The average Bonchev–Trinajstić information content (AvgIpc) is 2.47. The summed E-state index contributed by atoms with van der Waals surface area (Å²) in [5.41, 5.74) is 3.78. The number of aryl methyl sites for hydroxylation is 2. The smallest absolute Gasteiger partial charge is 0.132 e. The Morgan fingerprint density at radius 1 is 0.950 bits per heavy atom. The van der Waals surface area contributed by atoms with Crippen LogP contribution in [0.1, 0.15) is 44.4 Å². The van der Waals surface area contributed by atoms with Gasteiger partial charge in [0.25, 0.3) is 0 Å². The van der Waals surface area contributed by atoms with Crippen molar-refractivity contribution < 1.29 is 4.39 Å². The summed E-state index contributed by atoms with van der Waals surface area (Å²) in [7, 11) is 0. The first-order valence-corrected chi connectivity index (χ1v) is 7.50. The van der Waals surface area contributed by atoms with E-state index < -0.39 is 0 Å². The predicted octanol–water partition coefficient (Wildman–Crippen LogP) is 5.18. The summed E-state index contributed by atoms with van der Waals surface area (Å²) < 4.78 is 13.9. The predicted molar refractivity (Wildman–Crippen MR) is 82.2 cm³/mol. The molecule has 2 heteroatoms. The third kappa shape index (κ3) is 3.44. The van der Waals surface area contributed by atoms with Crippen molar-refractivity contribution in [3.8, 4) is 11.3 Å². The zero-order valence-electron chi connectivity index (χ0n) is 12.3. The summed E-state index contributed by atoms with van der Waals surface area (Å²) in [6.07, 6.45) is 5.42. The molecule has 0 atom stereocenters. The molecule has 106 valence electrons. The van der Waals surface area contributed by atoms with E-state index in [4.69, 9.17) is 4.98 Å². The van der Waals surface area contributed by atoms with Crippen molar-refractivity contribution in [3.05, 3.63) is 53.5 Å². The van der Waals surface area contributed by atoms with Gasteiger partial charge in [-0.1, -0.05) is 44.9 Å². The van der Waals surface area contributed by atoms with Crippen LogP contribution in [0.25, 0.3) is 11.3 Å². The normalized spacial score (nSPS) is 10.8.